The predicted molar refractivity (Wildman–Crippen MR) is 113 cm³/mol. The third kappa shape index (κ3) is 5.48. The second-order valence-electron chi connectivity index (χ2n) is 6.56. The van der Waals surface area contributed by atoms with Crippen molar-refractivity contribution in [2.45, 2.75) is 32.6 Å². The van der Waals surface area contributed by atoms with Gasteiger partial charge in [0.1, 0.15) is 0 Å². The molecule has 0 aliphatic rings. The largest absolute Gasteiger partial charge is 0.493 e. The summed E-state index contributed by atoms with van der Waals surface area (Å²) in [5.74, 6) is 0.602. The minimum absolute atomic E-state index is 0.181. The molecule has 0 heterocycles. The third-order valence-electron chi connectivity index (χ3n) is 4.47. The SMILES string of the molecule is CCN(CC)S(=O)(=O)c1cc(NC(=O)COc2ccc(C)cc2OC)ccc1C. The Kier molecular flexibility index (Phi) is 7.64. The summed E-state index contributed by atoms with van der Waals surface area (Å²) in [6.07, 6.45) is 0. The van der Waals surface area contributed by atoms with Crippen LogP contribution in [0.3, 0.4) is 0 Å². The van der Waals surface area contributed by atoms with Crippen molar-refractivity contribution >= 4 is 21.6 Å². The minimum atomic E-state index is -3.62. The maximum atomic E-state index is 12.8. The van der Waals surface area contributed by atoms with Gasteiger partial charge in [0, 0.05) is 18.8 Å². The van der Waals surface area contributed by atoms with Crippen LogP contribution < -0.4 is 14.8 Å². The van der Waals surface area contributed by atoms with Gasteiger partial charge in [-0.15, -0.1) is 0 Å². The summed E-state index contributed by atoms with van der Waals surface area (Å²) >= 11 is 0. The first-order valence-electron chi connectivity index (χ1n) is 9.41. The number of sulfonamides is 1. The van der Waals surface area contributed by atoms with E-state index in [9.17, 15) is 13.2 Å². The summed E-state index contributed by atoms with van der Waals surface area (Å²) in [6.45, 7) is 7.76. The molecule has 0 spiro atoms. The van der Waals surface area contributed by atoms with E-state index in [0.717, 1.165) is 5.56 Å². The number of ether oxygens (including phenoxy) is 2. The van der Waals surface area contributed by atoms with Gasteiger partial charge in [0.25, 0.3) is 5.91 Å². The molecule has 1 amide bonds. The van der Waals surface area contributed by atoms with Crippen LogP contribution >= 0.6 is 0 Å². The topological polar surface area (TPSA) is 84.9 Å². The molecule has 0 aliphatic carbocycles. The maximum Gasteiger partial charge on any atom is 0.262 e. The maximum absolute atomic E-state index is 12.8. The average Bonchev–Trinajstić information content (AvgIpc) is 2.69. The van der Waals surface area contributed by atoms with Crippen LogP contribution in [-0.2, 0) is 14.8 Å². The number of nitrogens with one attached hydrogen (secondary N) is 1. The fourth-order valence-electron chi connectivity index (χ4n) is 2.89. The van der Waals surface area contributed by atoms with E-state index in [4.69, 9.17) is 9.47 Å². The zero-order valence-corrected chi connectivity index (χ0v) is 18.3. The van der Waals surface area contributed by atoms with Gasteiger partial charge >= 0.3 is 0 Å². The molecule has 0 fully saturated rings. The zero-order chi connectivity index (χ0) is 21.6. The highest BCUT2D eigenvalue weighted by atomic mass is 32.2. The molecule has 0 saturated carbocycles. The lowest BCUT2D eigenvalue weighted by Gasteiger charge is -2.20. The first kappa shape index (κ1) is 22.7. The highest BCUT2D eigenvalue weighted by molar-refractivity contribution is 7.89. The van der Waals surface area contributed by atoms with Gasteiger partial charge in [0.2, 0.25) is 10.0 Å². The van der Waals surface area contributed by atoms with Gasteiger partial charge in [-0.1, -0.05) is 26.0 Å². The van der Waals surface area contributed by atoms with Gasteiger partial charge in [-0.25, -0.2) is 8.42 Å². The molecule has 158 valence electrons. The molecule has 0 saturated heterocycles. The van der Waals surface area contributed by atoms with Crippen LogP contribution in [0.15, 0.2) is 41.3 Å². The van der Waals surface area contributed by atoms with E-state index in [-0.39, 0.29) is 11.5 Å². The number of aryl methyl sites for hydroxylation is 2. The molecule has 2 rings (SSSR count). The minimum Gasteiger partial charge on any atom is -0.493 e. The van der Waals surface area contributed by atoms with Crippen LogP contribution in [-0.4, -0.2) is 45.4 Å². The van der Waals surface area contributed by atoms with Crippen LogP contribution in [0.25, 0.3) is 0 Å². The molecule has 0 aliphatic heterocycles. The number of amides is 1. The summed E-state index contributed by atoms with van der Waals surface area (Å²) in [7, 11) is -2.09. The van der Waals surface area contributed by atoms with Crippen molar-refractivity contribution in [3.05, 3.63) is 47.5 Å². The van der Waals surface area contributed by atoms with E-state index >= 15 is 0 Å². The van der Waals surface area contributed by atoms with Crippen molar-refractivity contribution in [3.8, 4) is 11.5 Å². The molecule has 0 aromatic heterocycles. The first-order valence-corrected chi connectivity index (χ1v) is 10.8. The zero-order valence-electron chi connectivity index (χ0n) is 17.5. The van der Waals surface area contributed by atoms with Crippen LogP contribution in [0.1, 0.15) is 25.0 Å². The van der Waals surface area contributed by atoms with Crippen molar-refractivity contribution < 1.29 is 22.7 Å². The van der Waals surface area contributed by atoms with Crippen molar-refractivity contribution in [2.24, 2.45) is 0 Å². The summed E-state index contributed by atoms with van der Waals surface area (Å²) < 4.78 is 37.9. The molecule has 1 N–H and O–H groups in total. The van der Waals surface area contributed by atoms with Crippen LogP contribution in [0.5, 0.6) is 11.5 Å². The number of hydrogen-bond acceptors (Lipinski definition) is 5. The van der Waals surface area contributed by atoms with E-state index in [1.807, 2.05) is 19.1 Å². The lowest BCUT2D eigenvalue weighted by Crippen LogP contribution is -2.31. The van der Waals surface area contributed by atoms with Gasteiger partial charge in [-0.05, 0) is 49.2 Å². The number of anilines is 1. The van der Waals surface area contributed by atoms with Gasteiger partial charge in [0.05, 0.1) is 12.0 Å². The molecule has 0 radical (unpaired) electrons. The van der Waals surface area contributed by atoms with Crippen LogP contribution in [0.4, 0.5) is 5.69 Å². The highest BCUT2D eigenvalue weighted by Crippen LogP contribution is 2.28. The van der Waals surface area contributed by atoms with Gasteiger partial charge in [-0.2, -0.15) is 4.31 Å². The van der Waals surface area contributed by atoms with Crippen molar-refractivity contribution in [1.82, 2.24) is 4.31 Å². The second-order valence-corrected chi connectivity index (χ2v) is 8.47. The Morgan fingerprint density at radius 2 is 1.72 bits per heavy atom. The Balaban J connectivity index is 2.14. The molecular weight excluding hydrogens is 392 g/mol. The number of carbonyl (C=O) groups is 1. The number of nitrogens with zero attached hydrogens (tertiary/aromatic N) is 1. The van der Waals surface area contributed by atoms with Gasteiger partial charge < -0.3 is 14.8 Å². The number of methoxy groups -OCH3 is 1. The third-order valence-corrected chi connectivity index (χ3v) is 6.66. The summed E-state index contributed by atoms with van der Waals surface area (Å²) in [4.78, 5) is 12.5. The normalized spacial score (nSPS) is 11.4. The smallest absolute Gasteiger partial charge is 0.262 e. The Morgan fingerprint density at radius 3 is 2.34 bits per heavy atom. The standard InChI is InChI=1S/C21H28N2O5S/c1-6-23(7-2)29(25,26)20-13-17(10-9-16(20)4)22-21(24)14-28-18-11-8-15(3)12-19(18)27-5/h8-13H,6-7,14H2,1-5H3,(H,22,24). The van der Waals surface area contributed by atoms with E-state index in [2.05, 4.69) is 5.32 Å². The second kappa shape index (κ2) is 9.76. The molecule has 8 heteroatoms. The average molecular weight is 421 g/mol. The molecule has 0 unspecified atom stereocenters. The highest BCUT2D eigenvalue weighted by Gasteiger charge is 2.24. The van der Waals surface area contributed by atoms with Crippen molar-refractivity contribution in [3.63, 3.8) is 0 Å². The summed E-state index contributed by atoms with van der Waals surface area (Å²) in [5, 5.41) is 2.69. The molecule has 0 atom stereocenters. The van der Waals surface area contributed by atoms with Crippen LogP contribution in [0.2, 0.25) is 0 Å². The Hall–Kier alpha value is -2.58. The fraction of sp³-hybridized carbons (Fsp3) is 0.381. The molecule has 29 heavy (non-hydrogen) atoms. The number of carbonyl (C=O) groups excluding carboxylic acids is 1. The van der Waals surface area contributed by atoms with Crippen LogP contribution in [0, 0.1) is 13.8 Å². The predicted octanol–water partition coefficient (Wildman–Crippen LogP) is 3.36. The lowest BCUT2D eigenvalue weighted by molar-refractivity contribution is -0.118. The molecule has 2 aromatic rings. The van der Waals surface area contributed by atoms with E-state index in [1.165, 1.54) is 17.5 Å². The summed E-state index contributed by atoms with van der Waals surface area (Å²) in [6, 6.07) is 10.2. The molecular formula is C21H28N2O5S. The number of rotatable bonds is 9. The quantitative estimate of drug-likeness (QED) is 0.672. The molecule has 2 aromatic carbocycles. The fourth-order valence-corrected chi connectivity index (χ4v) is 4.60. The van der Waals surface area contributed by atoms with Crippen molar-refractivity contribution in [2.75, 3.05) is 32.1 Å². The Bertz CT molecular complexity index is 969. The first-order chi connectivity index (χ1) is 13.7. The molecule has 0 bridgehead atoms. The molecule has 7 nitrogen and oxygen atoms in total. The van der Waals surface area contributed by atoms with E-state index in [0.29, 0.717) is 35.8 Å². The van der Waals surface area contributed by atoms with Gasteiger partial charge in [-0.3, -0.25) is 4.79 Å². The van der Waals surface area contributed by atoms with E-state index < -0.39 is 15.9 Å². The number of hydrogen-bond donors (Lipinski definition) is 1. The number of benzene rings is 2. The Morgan fingerprint density at radius 1 is 1.03 bits per heavy atom. The Labute approximate surface area is 172 Å². The van der Waals surface area contributed by atoms with Gasteiger partial charge in [0.15, 0.2) is 18.1 Å². The summed E-state index contributed by atoms with van der Waals surface area (Å²) in [5.41, 5.74) is 2.03. The van der Waals surface area contributed by atoms with E-state index in [1.54, 1.807) is 39.0 Å². The van der Waals surface area contributed by atoms with Crippen molar-refractivity contribution in [1.29, 1.82) is 0 Å². The monoisotopic (exact) mass is 420 g/mol. The lowest BCUT2D eigenvalue weighted by atomic mass is 10.2.